The van der Waals surface area contributed by atoms with Gasteiger partial charge in [0.2, 0.25) is 0 Å². The van der Waals surface area contributed by atoms with Crippen molar-refractivity contribution in [3.8, 4) is 0 Å². The number of imide groups is 1. The number of carbonyl (C=O) groups excluding carboxylic acids is 2. The van der Waals surface area contributed by atoms with E-state index in [4.69, 9.17) is 0 Å². The minimum absolute atomic E-state index is 0.113. The average molecular weight is 432 g/mol. The molecule has 0 bridgehead atoms. The molecule has 0 atom stereocenters. The molecule has 156 valence electrons. The van der Waals surface area contributed by atoms with Crippen LogP contribution < -0.4 is 0 Å². The lowest BCUT2D eigenvalue weighted by molar-refractivity contribution is -0.137. The van der Waals surface area contributed by atoms with Crippen molar-refractivity contribution in [3.63, 3.8) is 0 Å². The van der Waals surface area contributed by atoms with Gasteiger partial charge in [-0.1, -0.05) is 66.2 Å². The van der Waals surface area contributed by atoms with Gasteiger partial charge < -0.3 is 0 Å². The number of rotatable bonds is 6. The van der Waals surface area contributed by atoms with E-state index in [0.717, 1.165) is 22.3 Å². The number of benzene rings is 3. The van der Waals surface area contributed by atoms with Crippen molar-refractivity contribution in [1.29, 1.82) is 0 Å². The molecule has 3 aromatic rings. The summed E-state index contributed by atoms with van der Waals surface area (Å²) in [5.41, 5.74) is 5.07. The van der Waals surface area contributed by atoms with Gasteiger partial charge in [-0.15, -0.1) is 11.8 Å². The molecule has 0 saturated heterocycles. The summed E-state index contributed by atoms with van der Waals surface area (Å²) in [6, 6.07) is 21.6. The van der Waals surface area contributed by atoms with Gasteiger partial charge in [0, 0.05) is 5.75 Å². The zero-order valence-electron chi connectivity index (χ0n) is 17.4. The first-order chi connectivity index (χ1) is 14.9. The highest BCUT2D eigenvalue weighted by Gasteiger charge is 2.39. The smallest absolute Gasteiger partial charge is 0.268 e. The number of carbonyl (C=O) groups is 2. The van der Waals surface area contributed by atoms with Crippen LogP contribution in [0.25, 0.3) is 5.57 Å². The molecule has 1 heterocycles. The Labute approximate surface area is 185 Å². The van der Waals surface area contributed by atoms with E-state index < -0.39 is 0 Å². The number of hydrogen-bond acceptors (Lipinski definition) is 3. The Hall–Kier alpha value is -3.18. The number of amides is 2. The average Bonchev–Trinajstić information content (AvgIpc) is 2.99. The van der Waals surface area contributed by atoms with Crippen molar-refractivity contribution in [2.45, 2.75) is 26.1 Å². The van der Waals surface area contributed by atoms with Gasteiger partial charge in [-0.25, -0.2) is 4.39 Å². The van der Waals surface area contributed by atoms with E-state index in [0.29, 0.717) is 21.8 Å². The van der Waals surface area contributed by atoms with Crippen LogP contribution in [-0.2, 0) is 21.9 Å². The van der Waals surface area contributed by atoms with Gasteiger partial charge in [0.25, 0.3) is 11.8 Å². The van der Waals surface area contributed by atoms with E-state index in [1.807, 2.05) is 62.4 Å². The van der Waals surface area contributed by atoms with Crippen LogP contribution in [0.5, 0.6) is 0 Å². The number of hydrogen-bond donors (Lipinski definition) is 0. The number of thioether (sulfide) groups is 1. The molecule has 0 radical (unpaired) electrons. The van der Waals surface area contributed by atoms with Crippen LogP contribution in [0.1, 0.15) is 27.8 Å². The fourth-order valence-corrected chi connectivity index (χ4v) is 4.74. The first-order valence-electron chi connectivity index (χ1n) is 10.0. The van der Waals surface area contributed by atoms with Crippen molar-refractivity contribution in [2.24, 2.45) is 0 Å². The lowest BCUT2D eigenvalue weighted by Crippen LogP contribution is -2.31. The molecule has 0 saturated carbocycles. The summed E-state index contributed by atoms with van der Waals surface area (Å²) in [5.74, 6) is -0.369. The summed E-state index contributed by atoms with van der Waals surface area (Å²) in [4.78, 5) is 28.4. The summed E-state index contributed by atoms with van der Waals surface area (Å²) in [7, 11) is 0. The molecule has 5 heteroatoms. The van der Waals surface area contributed by atoms with E-state index in [1.54, 1.807) is 12.1 Å². The van der Waals surface area contributed by atoms with Crippen LogP contribution in [0.15, 0.2) is 77.7 Å². The Morgan fingerprint density at radius 1 is 0.839 bits per heavy atom. The van der Waals surface area contributed by atoms with E-state index >= 15 is 0 Å². The molecule has 4 rings (SSSR count). The fraction of sp³-hybridized carbons (Fsp3) is 0.154. The van der Waals surface area contributed by atoms with Gasteiger partial charge in [0.1, 0.15) is 5.82 Å². The third-order valence-corrected chi connectivity index (χ3v) is 6.40. The number of nitrogens with zero attached hydrogens (tertiary/aromatic N) is 1. The quantitative estimate of drug-likeness (QED) is 0.473. The molecular formula is C26H22FNO2S. The molecule has 1 aliphatic heterocycles. The molecular weight excluding hydrogens is 409 g/mol. The van der Waals surface area contributed by atoms with Crippen LogP contribution in [0.3, 0.4) is 0 Å². The highest BCUT2D eigenvalue weighted by atomic mass is 32.2. The van der Waals surface area contributed by atoms with Crippen LogP contribution in [0.2, 0.25) is 0 Å². The predicted octanol–water partition coefficient (Wildman–Crippen LogP) is 5.66. The minimum Gasteiger partial charge on any atom is -0.269 e. The summed E-state index contributed by atoms with van der Waals surface area (Å²) < 4.78 is 13.3. The van der Waals surface area contributed by atoms with Gasteiger partial charge in [0.15, 0.2) is 0 Å². The molecule has 0 fully saturated rings. The number of aryl methyl sites for hydroxylation is 2. The Morgan fingerprint density at radius 2 is 1.55 bits per heavy atom. The first kappa shape index (κ1) is 21.1. The highest BCUT2D eigenvalue weighted by molar-refractivity contribution is 8.03. The number of halogens is 1. The van der Waals surface area contributed by atoms with Crippen molar-refractivity contribution >= 4 is 29.1 Å². The minimum atomic E-state index is -0.351. The van der Waals surface area contributed by atoms with Crippen LogP contribution in [0.4, 0.5) is 4.39 Å². The van der Waals surface area contributed by atoms with Crippen molar-refractivity contribution in [3.05, 3.63) is 111 Å². The lowest BCUT2D eigenvalue weighted by atomic mass is 9.99. The molecule has 3 nitrogen and oxygen atoms in total. The molecule has 1 aliphatic rings. The Balaban J connectivity index is 1.70. The van der Waals surface area contributed by atoms with Gasteiger partial charge >= 0.3 is 0 Å². The SMILES string of the molecule is Cc1ccc(C2=C(SCc3ccccc3)C(=O)N(Cc3ccc(F)cc3)C2=O)c(C)c1. The third kappa shape index (κ3) is 4.47. The molecule has 0 N–H and O–H groups in total. The fourth-order valence-electron chi connectivity index (χ4n) is 3.67. The maximum absolute atomic E-state index is 13.4. The molecule has 0 aromatic heterocycles. The zero-order valence-corrected chi connectivity index (χ0v) is 18.2. The zero-order chi connectivity index (χ0) is 22.0. The molecule has 3 aromatic carbocycles. The molecule has 31 heavy (non-hydrogen) atoms. The molecule has 0 spiro atoms. The second-order valence-corrected chi connectivity index (χ2v) is 8.61. The monoisotopic (exact) mass is 431 g/mol. The summed E-state index contributed by atoms with van der Waals surface area (Å²) in [5, 5.41) is 0. The van der Waals surface area contributed by atoms with Gasteiger partial charge in [-0.05, 0) is 48.2 Å². The van der Waals surface area contributed by atoms with E-state index in [1.165, 1.54) is 28.8 Å². The predicted molar refractivity (Wildman–Crippen MR) is 123 cm³/mol. The molecule has 0 unspecified atom stereocenters. The highest BCUT2D eigenvalue weighted by Crippen LogP contribution is 2.39. The normalized spacial score (nSPS) is 14.0. The standard InChI is InChI=1S/C26H22FNO2S/c1-17-8-13-22(18(2)14-17)23-24(31-16-20-6-4-3-5-7-20)26(30)28(25(23)29)15-19-9-11-21(27)12-10-19/h3-14H,15-16H2,1-2H3. The van der Waals surface area contributed by atoms with E-state index in [9.17, 15) is 14.0 Å². The van der Waals surface area contributed by atoms with Crippen LogP contribution in [0, 0.1) is 19.7 Å². The van der Waals surface area contributed by atoms with Gasteiger partial charge in [0.05, 0.1) is 17.0 Å². The Morgan fingerprint density at radius 3 is 2.23 bits per heavy atom. The second-order valence-electron chi connectivity index (χ2n) is 7.62. The summed E-state index contributed by atoms with van der Waals surface area (Å²) >= 11 is 1.39. The third-order valence-electron chi connectivity index (χ3n) is 5.26. The van der Waals surface area contributed by atoms with Crippen LogP contribution >= 0.6 is 11.8 Å². The largest absolute Gasteiger partial charge is 0.269 e. The Bertz CT molecular complexity index is 1170. The van der Waals surface area contributed by atoms with Crippen LogP contribution in [-0.4, -0.2) is 16.7 Å². The second kappa shape index (κ2) is 8.90. The van der Waals surface area contributed by atoms with Crippen molar-refractivity contribution < 1.29 is 14.0 Å². The maximum Gasteiger partial charge on any atom is 0.268 e. The summed E-state index contributed by atoms with van der Waals surface area (Å²) in [6.45, 7) is 4.07. The van der Waals surface area contributed by atoms with Crippen molar-refractivity contribution in [1.82, 2.24) is 4.90 Å². The maximum atomic E-state index is 13.4. The molecule has 0 aliphatic carbocycles. The van der Waals surface area contributed by atoms with E-state index in [2.05, 4.69) is 0 Å². The Kier molecular flexibility index (Phi) is 6.05. The van der Waals surface area contributed by atoms with Gasteiger partial charge in [-0.3, -0.25) is 14.5 Å². The van der Waals surface area contributed by atoms with E-state index in [-0.39, 0.29) is 24.2 Å². The topological polar surface area (TPSA) is 37.4 Å². The summed E-state index contributed by atoms with van der Waals surface area (Å²) in [6.07, 6.45) is 0. The molecule has 2 amide bonds. The van der Waals surface area contributed by atoms with Crippen molar-refractivity contribution in [2.75, 3.05) is 0 Å². The lowest BCUT2D eigenvalue weighted by Gasteiger charge is -2.15. The first-order valence-corrected chi connectivity index (χ1v) is 11.0. The van der Waals surface area contributed by atoms with Gasteiger partial charge in [-0.2, -0.15) is 0 Å².